The first kappa shape index (κ1) is 9.90. The average Bonchev–Trinajstić information content (AvgIpc) is 2.13. The molecule has 0 bridgehead atoms. The second kappa shape index (κ2) is 4.17. The minimum Gasteiger partial charge on any atom is -0.397 e. The number of nitrogens with two attached hydrogens (primary N) is 2. The van der Waals surface area contributed by atoms with E-state index < -0.39 is 0 Å². The Hall–Kier alpha value is -1.18. The lowest BCUT2D eigenvalue weighted by atomic mass is 10.0. The van der Waals surface area contributed by atoms with E-state index in [1.807, 2.05) is 13.0 Å². The van der Waals surface area contributed by atoms with E-state index in [4.69, 9.17) is 11.5 Å². The maximum atomic E-state index is 5.90. The summed E-state index contributed by atoms with van der Waals surface area (Å²) in [4.78, 5) is 0. The van der Waals surface area contributed by atoms with E-state index in [9.17, 15) is 0 Å². The Morgan fingerprint density at radius 1 is 1.15 bits per heavy atom. The van der Waals surface area contributed by atoms with Gasteiger partial charge in [-0.3, -0.25) is 0 Å². The molecule has 0 aliphatic heterocycles. The van der Waals surface area contributed by atoms with Crippen LogP contribution in [-0.4, -0.2) is 0 Å². The SMILES string of the molecule is CCCCc1ccc(C)c(N)c1N. The molecule has 0 fully saturated rings. The van der Waals surface area contributed by atoms with Crippen molar-refractivity contribution in [2.75, 3.05) is 11.5 Å². The zero-order chi connectivity index (χ0) is 9.84. The van der Waals surface area contributed by atoms with Crippen LogP contribution in [0, 0.1) is 6.92 Å². The zero-order valence-corrected chi connectivity index (χ0v) is 8.43. The van der Waals surface area contributed by atoms with Crippen molar-refractivity contribution in [3.8, 4) is 0 Å². The van der Waals surface area contributed by atoms with Gasteiger partial charge in [0.2, 0.25) is 0 Å². The molecule has 2 heteroatoms. The molecule has 0 saturated carbocycles. The van der Waals surface area contributed by atoms with E-state index >= 15 is 0 Å². The number of nitrogen functional groups attached to an aromatic ring is 2. The van der Waals surface area contributed by atoms with Crippen molar-refractivity contribution in [2.24, 2.45) is 0 Å². The van der Waals surface area contributed by atoms with E-state index in [0.29, 0.717) is 0 Å². The van der Waals surface area contributed by atoms with Gasteiger partial charge in [0.15, 0.2) is 0 Å². The van der Waals surface area contributed by atoms with E-state index in [1.54, 1.807) is 0 Å². The fourth-order valence-corrected chi connectivity index (χ4v) is 1.38. The molecule has 2 nitrogen and oxygen atoms in total. The first-order valence-electron chi connectivity index (χ1n) is 4.80. The molecule has 0 aliphatic rings. The molecule has 0 saturated heterocycles. The first-order chi connectivity index (χ1) is 6.16. The lowest BCUT2D eigenvalue weighted by Crippen LogP contribution is -2.01. The van der Waals surface area contributed by atoms with Crippen molar-refractivity contribution in [3.05, 3.63) is 23.3 Å². The van der Waals surface area contributed by atoms with Crippen molar-refractivity contribution in [1.29, 1.82) is 0 Å². The maximum absolute atomic E-state index is 5.90. The van der Waals surface area contributed by atoms with E-state index in [0.717, 1.165) is 23.4 Å². The minimum atomic E-state index is 0.744. The number of unbranched alkanes of at least 4 members (excludes halogenated alkanes) is 1. The largest absolute Gasteiger partial charge is 0.397 e. The van der Waals surface area contributed by atoms with Crippen LogP contribution >= 0.6 is 0 Å². The van der Waals surface area contributed by atoms with Crippen LogP contribution in [0.4, 0.5) is 11.4 Å². The molecule has 0 unspecified atom stereocenters. The number of aryl methyl sites for hydroxylation is 2. The van der Waals surface area contributed by atoms with Crippen LogP contribution in [0.15, 0.2) is 12.1 Å². The van der Waals surface area contributed by atoms with Crippen LogP contribution in [0.3, 0.4) is 0 Å². The molecule has 1 aromatic carbocycles. The second-order valence-electron chi connectivity index (χ2n) is 3.47. The minimum absolute atomic E-state index is 0.744. The van der Waals surface area contributed by atoms with Crippen LogP contribution in [0.5, 0.6) is 0 Å². The third kappa shape index (κ3) is 2.14. The Bertz CT molecular complexity index is 292. The van der Waals surface area contributed by atoms with E-state index in [-0.39, 0.29) is 0 Å². The van der Waals surface area contributed by atoms with Gasteiger partial charge in [-0.1, -0.05) is 25.5 Å². The van der Waals surface area contributed by atoms with E-state index in [2.05, 4.69) is 13.0 Å². The van der Waals surface area contributed by atoms with Crippen LogP contribution in [-0.2, 0) is 6.42 Å². The fraction of sp³-hybridized carbons (Fsp3) is 0.455. The second-order valence-corrected chi connectivity index (χ2v) is 3.47. The highest BCUT2D eigenvalue weighted by molar-refractivity contribution is 5.70. The molecular formula is C11H18N2. The standard InChI is InChI=1S/C11H18N2/c1-3-4-5-9-7-6-8(2)10(12)11(9)13/h6-7H,3-5,12-13H2,1-2H3. The summed E-state index contributed by atoms with van der Waals surface area (Å²) in [5.41, 5.74) is 15.5. The molecule has 0 aromatic heterocycles. The molecule has 0 aliphatic carbocycles. The van der Waals surface area contributed by atoms with Gasteiger partial charge in [-0.25, -0.2) is 0 Å². The Balaban J connectivity index is 2.90. The zero-order valence-electron chi connectivity index (χ0n) is 8.43. The summed E-state index contributed by atoms with van der Waals surface area (Å²) < 4.78 is 0. The van der Waals surface area contributed by atoms with Gasteiger partial charge in [0, 0.05) is 0 Å². The smallest absolute Gasteiger partial charge is 0.0583 e. The van der Waals surface area contributed by atoms with Crippen molar-refractivity contribution >= 4 is 11.4 Å². The first-order valence-corrected chi connectivity index (χ1v) is 4.80. The highest BCUT2D eigenvalue weighted by Gasteiger charge is 2.03. The Labute approximate surface area is 79.9 Å². The van der Waals surface area contributed by atoms with Gasteiger partial charge in [0.1, 0.15) is 0 Å². The van der Waals surface area contributed by atoms with Gasteiger partial charge in [-0.2, -0.15) is 0 Å². The lowest BCUT2D eigenvalue weighted by Gasteiger charge is -2.09. The molecule has 0 atom stereocenters. The predicted octanol–water partition coefficient (Wildman–Crippen LogP) is 2.50. The summed E-state index contributed by atoms with van der Waals surface area (Å²) in [7, 11) is 0. The third-order valence-electron chi connectivity index (χ3n) is 2.40. The molecule has 0 heterocycles. The summed E-state index contributed by atoms with van der Waals surface area (Å²) >= 11 is 0. The van der Waals surface area contributed by atoms with Crippen molar-refractivity contribution in [1.82, 2.24) is 0 Å². The van der Waals surface area contributed by atoms with Crippen LogP contribution in [0.2, 0.25) is 0 Å². The van der Waals surface area contributed by atoms with Gasteiger partial charge in [0.25, 0.3) is 0 Å². The highest BCUT2D eigenvalue weighted by atomic mass is 14.7. The predicted molar refractivity (Wildman–Crippen MR) is 58.6 cm³/mol. The van der Waals surface area contributed by atoms with Gasteiger partial charge in [0.05, 0.1) is 11.4 Å². The van der Waals surface area contributed by atoms with Crippen molar-refractivity contribution < 1.29 is 0 Å². The average molecular weight is 178 g/mol. The summed E-state index contributed by atoms with van der Waals surface area (Å²) in [6.45, 7) is 4.16. The highest BCUT2D eigenvalue weighted by Crippen LogP contribution is 2.24. The molecule has 13 heavy (non-hydrogen) atoms. The van der Waals surface area contributed by atoms with Gasteiger partial charge in [-0.15, -0.1) is 0 Å². The molecule has 0 spiro atoms. The van der Waals surface area contributed by atoms with Crippen LogP contribution < -0.4 is 11.5 Å². The maximum Gasteiger partial charge on any atom is 0.0583 e. The Morgan fingerprint density at radius 3 is 2.46 bits per heavy atom. The molecule has 72 valence electrons. The molecular weight excluding hydrogens is 160 g/mol. The van der Waals surface area contributed by atoms with Crippen LogP contribution in [0.25, 0.3) is 0 Å². The molecule has 1 rings (SSSR count). The van der Waals surface area contributed by atoms with Gasteiger partial charge >= 0.3 is 0 Å². The molecule has 0 amide bonds. The molecule has 4 N–H and O–H groups in total. The Morgan fingerprint density at radius 2 is 1.85 bits per heavy atom. The number of hydrogen-bond acceptors (Lipinski definition) is 2. The van der Waals surface area contributed by atoms with Crippen molar-refractivity contribution in [2.45, 2.75) is 33.1 Å². The summed E-state index contributed by atoms with van der Waals surface area (Å²) in [6.07, 6.45) is 3.40. The summed E-state index contributed by atoms with van der Waals surface area (Å²) in [6, 6.07) is 4.12. The van der Waals surface area contributed by atoms with Crippen molar-refractivity contribution in [3.63, 3.8) is 0 Å². The number of anilines is 2. The van der Waals surface area contributed by atoms with E-state index in [1.165, 1.54) is 18.4 Å². The van der Waals surface area contributed by atoms with Gasteiger partial charge < -0.3 is 11.5 Å². The van der Waals surface area contributed by atoms with Crippen LogP contribution in [0.1, 0.15) is 30.9 Å². The topological polar surface area (TPSA) is 52.0 Å². The summed E-state index contributed by atoms with van der Waals surface area (Å²) in [5, 5.41) is 0. The number of rotatable bonds is 3. The monoisotopic (exact) mass is 178 g/mol. The number of benzene rings is 1. The third-order valence-corrected chi connectivity index (χ3v) is 2.40. The quantitative estimate of drug-likeness (QED) is 0.699. The molecule has 0 radical (unpaired) electrons. The Kier molecular flexibility index (Phi) is 3.18. The number of hydrogen-bond donors (Lipinski definition) is 2. The summed E-state index contributed by atoms with van der Waals surface area (Å²) in [5.74, 6) is 0. The fourth-order valence-electron chi connectivity index (χ4n) is 1.38. The normalized spacial score (nSPS) is 10.3. The lowest BCUT2D eigenvalue weighted by molar-refractivity contribution is 0.796. The van der Waals surface area contributed by atoms with Gasteiger partial charge in [-0.05, 0) is 30.9 Å². The molecule has 1 aromatic rings.